The van der Waals surface area contributed by atoms with Crippen molar-refractivity contribution in [3.8, 4) is 11.4 Å². The van der Waals surface area contributed by atoms with Crippen LogP contribution < -0.4 is 0 Å². The third-order valence-corrected chi connectivity index (χ3v) is 4.28. The van der Waals surface area contributed by atoms with E-state index in [1.807, 2.05) is 6.07 Å². The number of hydrogen-bond donors (Lipinski definition) is 0. The van der Waals surface area contributed by atoms with Crippen molar-refractivity contribution in [2.45, 2.75) is 10.3 Å². The first-order valence-corrected chi connectivity index (χ1v) is 8.37. The molecule has 0 amide bonds. The molecule has 0 aliphatic rings. The van der Waals surface area contributed by atoms with Crippen molar-refractivity contribution >= 4 is 29.1 Å². The normalized spacial score (nSPS) is 11.5. The van der Waals surface area contributed by atoms with Crippen LogP contribution in [-0.2, 0) is 5.38 Å². The van der Waals surface area contributed by atoms with Crippen molar-refractivity contribution in [2.24, 2.45) is 0 Å². The maximum Gasteiger partial charge on any atom is 0.400 e. The fraction of sp³-hybridized carbons (Fsp3) is 0.125. The molecule has 1 aromatic carbocycles. The van der Waals surface area contributed by atoms with Crippen LogP contribution in [0.1, 0.15) is 16.2 Å². The molecule has 0 aliphatic heterocycles. The van der Waals surface area contributed by atoms with Gasteiger partial charge in [-0.05, 0) is 23.7 Å². The fourth-order valence-corrected chi connectivity index (χ4v) is 2.78. The number of pyridine rings is 1. The van der Waals surface area contributed by atoms with Crippen LogP contribution >= 0.6 is 23.4 Å². The first kappa shape index (κ1) is 17.5. The summed E-state index contributed by atoms with van der Waals surface area (Å²) in [4.78, 5) is 20.6. The van der Waals surface area contributed by atoms with Crippen molar-refractivity contribution in [1.82, 2.24) is 15.1 Å². The molecule has 0 radical (unpaired) electrons. The Kier molecular flexibility index (Phi) is 5.10. The van der Waals surface area contributed by atoms with E-state index in [0.717, 1.165) is 4.90 Å². The van der Waals surface area contributed by atoms with Gasteiger partial charge in [0.05, 0.1) is 5.75 Å². The number of hydrogen-bond acceptors (Lipinski definition) is 6. The number of nitrogens with zero attached hydrogens (tertiary/aromatic N) is 3. The number of carbonyl (C=O) groups excluding carboxylic acids is 1. The Morgan fingerprint density at radius 2 is 2.00 bits per heavy atom. The molecule has 5 nitrogen and oxygen atoms in total. The molecule has 9 heteroatoms. The van der Waals surface area contributed by atoms with Crippen LogP contribution in [-0.4, -0.2) is 26.7 Å². The van der Waals surface area contributed by atoms with Crippen LogP contribution in [0.4, 0.5) is 8.78 Å². The van der Waals surface area contributed by atoms with Crippen molar-refractivity contribution in [3.05, 3.63) is 60.2 Å². The molecule has 2 aromatic heterocycles. The van der Waals surface area contributed by atoms with E-state index in [9.17, 15) is 13.6 Å². The highest BCUT2D eigenvalue weighted by Crippen LogP contribution is 2.32. The Morgan fingerprint density at radius 1 is 1.24 bits per heavy atom. The van der Waals surface area contributed by atoms with Gasteiger partial charge in [0.1, 0.15) is 0 Å². The molecule has 0 unspecified atom stereocenters. The number of benzene rings is 1. The van der Waals surface area contributed by atoms with E-state index < -0.39 is 11.3 Å². The molecule has 3 rings (SSSR count). The van der Waals surface area contributed by atoms with E-state index in [1.54, 1.807) is 42.7 Å². The van der Waals surface area contributed by atoms with E-state index in [0.29, 0.717) is 11.1 Å². The lowest BCUT2D eigenvalue weighted by atomic mass is 10.1. The number of ketones is 1. The fourth-order valence-electron chi connectivity index (χ4n) is 1.93. The number of aromatic nitrogens is 3. The van der Waals surface area contributed by atoms with Crippen molar-refractivity contribution in [2.75, 3.05) is 5.75 Å². The quantitative estimate of drug-likeness (QED) is 0.358. The molecule has 0 atom stereocenters. The number of carbonyl (C=O) groups is 1. The lowest BCUT2D eigenvalue weighted by Gasteiger charge is -2.02. The maximum absolute atomic E-state index is 12.9. The number of halogens is 3. The van der Waals surface area contributed by atoms with Crippen molar-refractivity contribution < 1.29 is 18.1 Å². The molecule has 3 aromatic rings. The zero-order valence-electron chi connectivity index (χ0n) is 12.5. The Hall–Kier alpha value is -2.32. The van der Waals surface area contributed by atoms with Crippen LogP contribution in [0.5, 0.6) is 0 Å². The summed E-state index contributed by atoms with van der Waals surface area (Å²) in [5.41, 5.74) is 0.930. The van der Waals surface area contributed by atoms with Crippen LogP contribution in [0.3, 0.4) is 0 Å². The first-order chi connectivity index (χ1) is 11.9. The lowest BCUT2D eigenvalue weighted by molar-refractivity contribution is 0.0551. The second-order valence-electron chi connectivity index (χ2n) is 4.90. The van der Waals surface area contributed by atoms with Crippen LogP contribution in [0, 0.1) is 0 Å². The molecule has 0 saturated carbocycles. The number of Topliss-reactive ketones (excluding diaryl/α,β-unsaturated/α-hetero) is 1. The van der Waals surface area contributed by atoms with Gasteiger partial charge in [-0.3, -0.25) is 9.78 Å². The van der Waals surface area contributed by atoms with Gasteiger partial charge in [-0.2, -0.15) is 13.8 Å². The molecule has 25 heavy (non-hydrogen) atoms. The average Bonchev–Trinajstić information content (AvgIpc) is 3.11. The van der Waals surface area contributed by atoms with Crippen molar-refractivity contribution in [1.29, 1.82) is 0 Å². The predicted molar refractivity (Wildman–Crippen MR) is 88.8 cm³/mol. The summed E-state index contributed by atoms with van der Waals surface area (Å²) in [6, 6.07) is 9.94. The molecule has 128 valence electrons. The molecule has 0 fully saturated rings. The standard InChI is InChI=1S/C16H10ClF2N3O2S/c17-16(18,19)15-21-14(22-24-15)11-5-3-10(4-6-11)13(23)9-25-12-2-1-7-20-8-12/h1-8H,9H2. The van der Waals surface area contributed by atoms with E-state index >= 15 is 0 Å². The van der Waals surface area contributed by atoms with E-state index in [4.69, 9.17) is 11.6 Å². The first-order valence-electron chi connectivity index (χ1n) is 7.01. The number of alkyl halides is 3. The van der Waals surface area contributed by atoms with Gasteiger partial charge < -0.3 is 4.52 Å². The summed E-state index contributed by atoms with van der Waals surface area (Å²) in [5.74, 6) is -0.812. The third kappa shape index (κ3) is 4.40. The van der Waals surface area contributed by atoms with Gasteiger partial charge in [-0.25, -0.2) is 0 Å². The second kappa shape index (κ2) is 7.28. The number of rotatable bonds is 6. The van der Waals surface area contributed by atoms with Crippen LogP contribution in [0.15, 0.2) is 58.2 Å². The maximum atomic E-state index is 12.9. The molecule has 0 bridgehead atoms. The highest BCUT2D eigenvalue weighted by molar-refractivity contribution is 8.00. The predicted octanol–water partition coefficient (Wildman–Crippen LogP) is 4.39. The molecule has 0 spiro atoms. The minimum absolute atomic E-state index is 0.0286. The van der Waals surface area contributed by atoms with Crippen LogP contribution in [0.2, 0.25) is 0 Å². The largest absolute Gasteiger partial charge is 0.400 e. The number of thioether (sulfide) groups is 1. The molecular formula is C16H10ClF2N3O2S. The van der Waals surface area contributed by atoms with Gasteiger partial charge in [0.2, 0.25) is 5.82 Å². The van der Waals surface area contributed by atoms with Gasteiger partial charge in [0, 0.05) is 28.4 Å². The van der Waals surface area contributed by atoms with E-state index in [1.165, 1.54) is 11.8 Å². The Balaban J connectivity index is 1.67. The monoisotopic (exact) mass is 381 g/mol. The van der Waals surface area contributed by atoms with E-state index in [-0.39, 0.29) is 17.4 Å². The van der Waals surface area contributed by atoms with Gasteiger partial charge in [-0.1, -0.05) is 29.4 Å². The lowest BCUT2D eigenvalue weighted by Crippen LogP contribution is -2.03. The third-order valence-electron chi connectivity index (χ3n) is 3.14. The summed E-state index contributed by atoms with van der Waals surface area (Å²) in [6.07, 6.45) is 3.34. The summed E-state index contributed by atoms with van der Waals surface area (Å²) >= 11 is 6.21. The minimum Gasteiger partial charge on any atom is -0.331 e. The SMILES string of the molecule is O=C(CSc1cccnc1)c1ccc(-c2noc(C(F)(F)Cl)n2)cc1. The summed E-state index contributed by atoms with van der Waals surface area (Å²) < 4.78 is 30.2. The van der Waals surface area contributed by atoms with Gasteiger partial charge in [0.15, 0.2) is 5.78 Å². The Labute approximate surface area is 150 Å². The zero-order chi connectivity index (χ0) is 17.9. The Morgan fingerprint density at radius 3 is 2.60 bits per heavy atom. The smallest absolute Gasteiger partial charge is 0.331 e. The summed E-state index contributed by atoms with van der Waals surface area (Å²) in [7, 11) is 0. The molecule has 0 saturated heterocycles. The van der Waals surface area contributed by atoms with E-state index in [2.05, 4.69) is 19.6 Å². The summed E-state index contributed by atoms with van der Waals surface area (Å²) in [5, 5.41) is -0.261. The van der Waals surface area contributed by atoms with Gasteiger partial charge >= 0.3 is 11.3 Å². The summed E-state index contributed by atoms with van der Waals surface area (Å²) in [6.45, 7) is 0. The second-order valence-corrected chi connectivity index (χ2v) is 6.42. The van der Waals surface area contributed by atoms with Gasteiger partial charge in [-0.15, -0.1) is 11.8 Å². The average molecular weight is 382 g/mol. The molecular weight excluding hydrogens is 372 g/mol. The molecule has 2 heterocycles. The van der Waals surface area contributed by atoms with Crippen molar-refractivity contribution in [3.63, 3.8) is 0 Å². The zero-order valence-corrected chi connectivity index (χ0v) is 14.1. The topological polar surface area (TPSA) is 68.9 Å². The Bertz CT molecular complexity index is 867. The highest BCUT2D eigenvalue weighted by Gasteiger charge is 2.35. The van der Waals surface area contributed by atoms with Crippen LogP contribution in [0.25, 0.3) is 11.4 Å². The van der Waals surface area contributed by atoms with Gasteiger partial charge in [0.25, 0.3) is 0 Å². The molecule has 0 N–H and O–H groups in total. The minimum atomic E-state index is -3.72. The highest BCUT2D eigenvalue weighted by atomic mass is 35.5. The molecule has 0 aliphatic carbocycles.